The van der Waals surface area contributed by atoms with Crippen molar-refractivity contribution in [2.45, 2.75) is 17.5 Å². The number of sulfonamides is 1. The molecule has 0 spiro atoms. The van der Waals surface area contributed by atoms with Gasteiger partial charge in [-0.3, -0.25) is 0 Å². The Kier molecular flexibility index (Phi) is 4.81. The van der Waals surface area contributed by atoms with Crippen LogP contribution < -0.4 is 4.74 Å². The molecule has 2 aromatic carbocycles. The molecule has 28 heavy (non-hydrogen) atoms. The van der Waals surface area contributed by atoms with E-state index in [0.717, 1.165) is 5.75 Å². The Labute approximate surface area is 162 Å². The smallest absolute Gasteiger partial charge is 0.244 e. The van der Waals surface area contributed by atoms with E-state index < -0.39 is 10.0 Å². The van der Waals surface area contributed by atoms with Crippen molar-refractivity contribution in [2.75, 3.05) is 13.1 Å². The van der Waals surface area contributed by atoms with Gasteiger partial charge >= 0.3 is 0 Å². The molecule has 0 amide bonds. The third-order valence-electron chi connectivity index (χ3n) is 4.52. The van der Waals surface area contributed by atoms with Crippen LogP contribution in [0.4, 0.5) is 0 Å². The van der Waals surface area contributed by atoms with Gasteiger partial charge in [-0.05, 0) is 24.3 Å². The van der Waals surface area contributed by atoms with Gasteiger partial charge in [-0.2, -0.15) is 9.57 Å². The van der Waals surface area contributed by atoms with Crippen molar-refractivity contribution >= 4 is 10.0 Å². The van der Waals surface area contributed by atoms with E-state index in [1.165, 1.54) is 16.4 Å². The van der Waals surface area contributed by atoms with Crippen LogP contribution in [-0.2, 0) is 16.6 Å². The molecule has 0 bridgehead atoms. The molecule has 142 valence electrons. The van der Waals surface area contributed by atoms with Crippen LogP contribution in [-0.4, -0.2) is 40.8 Å². The number of ether oxygens (including phenoxy) is 1. The molecule has 0 unspecified atom stereocenters. The van der Waals surface area contributed by atoms with Crippen LogP contribution in [0.1, 0.15) is 17.3 Å². The second kappa shape index (κ2) is 7.42. The zero-order valence-electron chi connectivity index (χ0n) is 14.8. The Balaban J connectivity index is 1.39. The fourth-order valence-electron chi connectivity index (χ4n) is 2.94. The highest BCUT2D eigenvalue weighted by molar-refractivity contribution is 7.89. The SMILES string of the molecule is N#Cc1ccccc1S(=O)(=O)N1CC(n2cc(COc3ccccc3)nn2)C1. The average Bonchev–Trinajstić information content (AvgIpc) is 3.14. The first kappa shape index (κ1) is 18.2. The summed E-state index contributed by atoms with van der Waals surface area (Å²) in [5.41, 5.74) is 0.812. The molecule has 1 aliphatic heterocycles. The van der Waals surface area contributed by atoms with Crippen LogP contribution >= 0.6 is 0 Å². The molecule has 1 aromatic heterocycles. The molecule has 1 aliphatic rings. The summed E-state index contributed by atoms with van der Waals surface area (Å²) < 4.78 is 34.1. The van der Waals surface area contributed by atoms with Crippen LogP contribution in [0, 0.1) is 11.3 Å². The van der Waals surface area contributed by atoms with Crippen LogP contribution in [0.25, 0.3) is 0 Å². The molecular weight excluding hydrogens is 378 g/mol. The van der Waals surface area contributed by atoms with Crippen molar-refractivity contribution in [2.24, 2.45) is 0 Å². The number of nitriles is 1. The van der Waals surface area contributed by atoms with E-state index in [-0.39, 0.29) is 36.2 Å². The maximum absolute atomic E-state index is 12.7. The third-order valence-corrected chi connectivity index (χ3v) is 6.41. The number of rotatable bonds is 6. The number of aromatic nitrogens is 3. The van der Waals surface area contributed by atoms with Crippen LogP contribution in [0.5, 0.6) is 5.75 Å². The molecule has 8 nitrogen and oxygen atoms in total. The van der Waals surface area contributed by atoms with Crippen molar-refractivity contribution in [3.8, 4) is 11.8 Å². The van der Waals surface area contributed by atoms with Gasteiger partial charge in [-0.25, -0.2) is 13.1 Å². The van der Waals surface area contributed by atoms with Crippen LogP contribution in [0.3, 0.4) is 0 Å². The Hall–Kier alpha value is -3.22. The normalized spacial score (nSPS) is 15.0. The number of nitrogens with zero attached hydrogens (tertiary/aromatic N) is 5. The quantitative estimate of drug-likeness (QED) is 0.632. The Morgan fingerprint density at radius 3 is 2.57 bits per heavy atom. The van der Waals surface area contributed by atoms with Crippen molar-refractivity contribution in [3.05, 3.63) is 72.1 Å². The van der Waals surface area contributed by atoms with Crippen LogP contribution in [0.2, 0.25) is 0 Å². The lowest BCUT2D eigenvalue weighted by molar-refractivity contribution is 0.188. The summed E-state index contributed by atoms with van der Waals surface area (Å²) in [4.78, 5) is 0.0338. The van der Waals surface area contributed by atoms with Gasteiger partial charge in [0.2, 0.25) is 10.0 Å². The largest absolute Gasteiger partial charge is 0.487 e. The van der Waals surface area contributed by atoms with E-state index in [1.807, 2.05) is 36.4 Å². The summed E-state index contributed by atoms with van der Waals surface area (Å²) in [7, 11) is -3.70. The molecule has 0 aliphatic carbocycles. The number of hydrogen-bond acceptors (Lipinski definition) is 6. The lowest BCUT2D eigenvalue weighted by Crippen LogP contribution is -2.50. The predicted octanol–water partition coefficient (Wildman–Crippen LogP) is 1.97. The highest BCUT2D eigenvalue weighted by atomic mass is 32.2. The molecule has 3 aromatic rings. The Morgan fingerprint density at radius 1 is 1.11 bits per heavy atom. The summed E-state index contributed by atoms with van der Waals surface area (Å²) in [6.45, 7) is 0.850. The molecule has 0 saturated carbocycles. The van der Waals surface area contributed by atoms with Gasteiger partial charge in [-0.1, -0.05) is 35.5 Å². The van der Waals surface area contributed by atoms with Gasteiger partial charge in [0, 0.05) is 13.1 Å². The molecule has 2 heterocycles. The molecule has 1 saturated heterocycles. The fourth-order valence-corrected chi connectivity index (χ4v) is 4.59. The molecule has 1 fully saturated rings. The summed E-state index contributed by atoms with van der Waals surface area (Å²) >= 11 is 0. The molecule has 9 heteroatoms. The van der Waals surface area contributed by atoms with Gasteiger partial charge in [0.15, 0.2) is 0 Å². The maximum Gasteiger partial charge on any atom is 0.244 e. The van der Waals surface area contributed by atoms with Gasteiger partial charge in [0.1, 0.15) is 24.1 Å². The topological polar surface area (TPSA) is 101 Å². The zero-order valence-corrected chi connectivity index (χ0v) is 15.7. The minimum atomic E-state index is -3.70. The van der Waals surface area contributed by atoms with Crippen molar-refractivity contribution in [1.29, 1.82) is 5.26 Å². The van der Waals surface area contributed by atoms with E-state index in [4.69, 9.17) is 10.00 Å². The second-order valence-electron chi connectivity index (χ2n) is 6.38. The van der Waals surface area contributed by atoms with Gasteiger partial charge < -0.3 is 4.74 Å². The monoisotopic (exact) mass is 395 g/mol. The van der Waals surface area contributed by atoms with Crippen LogP contribution in [0.15, 0.2) is 65.7 Å². The first-order valence-electron chi connectivity index (χ1n) is 8.66. The zero-order chi connectivity index (χ0) is 19.6. The lowest BCUT2D eigenvalue weighted by atomic mass is 10.2. The summed E-state index contributed by atoms with van der Waals surface area (Å²) in [6, 6.07) is 17.5. The predicted molar refractivity (Wildman–Crippen MR) is 99.7 cm³/mol. The summed E-state index contributed by atoms with van der Waals surface area (Å²) in [5, 5.41) is 17.3. The highest BCUT2D eigenvalue weighted by Gasteiger charge is 2.39. The summed E-state index contributed by atoms with van der Waals surface area (Å²) in [6.07, 6.45) is 1.76. The molecule has 0 radical (unpaired) electrons. The molecular formula is C19H17N5O3S. The molecule has 0 N–H and O–H groups in total. The number of hydrogen-bond donors (Lipinski definition) is 0. The van der Waals surface area contributed by atoms with E-state index in [1.54, 1.807) is 23.0 Å². The third kappa shape index (κ3) is 3.47. The second-order valence-corrected chi connectivity index (χ2v) is 8.28. The Morgan fingerprint density at radius 2 is 1.82 bits per heavy atom. The van der Waals surface area contributed by atoms with Gasteiger partial charge in [0.05, 0.1) is 22.7 Å². The number of benzene rings is 2. The lowest BCUT2D eigenvalue weighted by Gasteiger charge is -2.37. The molecule has 4 rings (SSSR count). The minimum absolute atomic E-state index is 0.0338. The van der Waals surface area contributed by atoms with E-state index in [2.05, 4.69) is 10.3 Å². The highest BCUT2D eigenvalue weighted by Crippen LogP contribution is 2.29. The van der Waals surface area contributed by atoms with E-state index in [0.29, 0.717) is 5.69 Å². The van der Waals surface area contributed by atoms with Gasteiger partial charge in [-0.15, -0.1) is 5.10 Å². The maximum atomic E-state index is 12.7. The van der Waals surface area contributed by atoms with E-state index >= 15 is 0 Å². The number of para-hydroxylation sites is 1. The van der Waals surface area contributed by atoms with Crippen molar-refractivity contribution in [3.63, 3.8) is 0 Å². The van der Waals surface area contributed by atoms with E-state index in [9.17, 15) is 8.42 Å². The molecule has 0 atom stereocenters. The Bertz CT molecular complexity index is 1120. The standard InChI is InChI=1S/C19H17N5O3S/c20-10-15-6-4-5-9-19(15)28(25,26)23-12-17(13-23)24-11-16(21-22-24)14-27-18-7-2-1-3-8-18/h1-9,11,17H,12-14H2. The van der Waals surface area contributed by atoms with Gasteiger partial charge in [0.25, 0.3) is 0 Å². The first-order chi connectivity index (χ1) is 13.6. The van der Waals surface area contributed by atoms with Crippen molar-refractivity contribution in [1.82, 2.24) is 19.3 Å². The first-order valence-corrected chi connectivity index (χ1v) is 10.1. The summed E-state index contributed by atoms with van der Waals surface area (Å²) in [5.74, 6) is 0.745. The van der Waals surface area contributed by atoms with Crippen molar-refractivity contribution < 1.29 is 13.2 Å². The minimum Gasteiger partial charge on any atom is -0.487 e. The fraction of sp³-hybridized carbons (Fsp3) is 0.211. The average molecular weight is 395 g/mol.